The molecular weight excluding hydrogens is 180 g/mol. The molecule has 1 saturated heterocycles. The summed E-state index contributed by atoms with van der Waals surface area (Å²) in [6.45, 7) is 10.5. The predicted octanol–water partition coefficient (Wildman–Crippen LogP) is 2.31. The third-order valence-electron chi connectivity index (χ3n) is 1.65. The van der Waals surface area contributed by atoms with Crippen LogP contribution >= 0.6 is 0 Å². The van der Waals surface area contributed by atoms with E-state index in [1.165, 1.54) is 12.8 Å². The zero-order chi connectivity index (χ0) is 11.0. The van der Waals surface area contributed by atoms with Gasteiger partial charge in [-0.3, -0.25) is 0 Å². The Bertz CT molecular complexity index is 181. The van der Waals surface area contributed by atoms with E-state index in [0.717, 1.165) is 0 Å². The zero-order valence-corrected chi connectivity index (χ0v) is 9.34. The van der Waals surface area contributed by atoms with E-state index in [0.29, 0.717) is 18.8 Å². The van der Waals surface area contributed by atoms with Crippen LogP contribution in [0.4, 0.5) is 0 Å². The number of epoxide rings is 1. The summed E-state index contributed by atoms with van der Waals surface area (Å²) >= 11 is 0. The molecule has 0 spiro atoms. The van der Waals surface area contributed by atoms with Crippen LogP contribution in [-0.2, 0) is 14.3 Å². The number of esters is 1. The third-order valence-corrected chi connectivity index (χ3v) is 1.65. The number of hydrogen-bond acceptors (Lipinski definition) is 3. The van der Waals surface area contributed by atoms with Crippen LogP contribution in [0.2, 0.25) is 0 Å². The lowest BCUT2D eigenvalue weighted by Crippen LogP contribution is -2.09. The second kappa shape index (κ2) is 7.56. The summed E-state index contributed by atoms with van der Waals surface area (Å²) in [6.07, 6.45) is 2.78. The van der Waals surface area contributed by atoms with Gasteiger partial charge < -0.3 is 9.47 Å². The Morgan fingerprint density at radius 2 is 2.00 bits per heavy atom. The topological polar surface area (TPSA) is 38.8 Å². The molecule has 14 heavy (non-hydrogen) atoms. The van der Waals surface area contributed by atoms with Crippen molar-refractivity contribution in [2.75, 3.05) is 13.2 Å². The van der Waals surface area contributed by atoms with Gasteiger partial charge in [-0.1, -0.05) is 33.3 Å². The Kier molecular flexibility index (Phi) is 7.11. The fourth-order valence-corrected chi connectivity index (χ4v) is 0.456. The molecule has 3 heteroatoms. The first-order valence-electron chi connectivity index (χ1n) is 5.06. The maximum atomic E-state index is 10.7. The first-order chi connectivity index (χ1) is 6.61. The van der Waals surface area contributed by atoms with Crippen molar-refractivity contribution in [1.82, 2.24) is 0 Å². The van der Waals surface area contributed by atoms with Gasteiger partial charge in [0.05, 0.1) is 6.61 Å². The molecule has 3 nitrogen and oxygen atoms in total. The van der Waals surface area contributed by atoms with Gasteiger partial charge in [-0.05, 0) is 6.92 Å². The fourth-order valence-electron chi connectivity index (χ4n) is 0.456. The summed E-state index contributed by atoms with van der Waals surface area (Å²) in [5, 5.41) is 0. The Labute approximate surface area is 86.1 Å². The van der Waals surface area contributed by atoms with Gasteiger partial charge in [-0.25, -0.2) is 4.79 Å². The number of carbonyl (C=O) groups excluding carboxylic acids is 1. The summed E-state index contributed by atoms with van der Waals surface area (Å²) in [5.74, 6) is -0.337. The summed E-state index contributed by atoms with van der Waals surface area (Å²) in [4.78, 5) is 10.7. The second-order valence-electron chi connectivity index (χ2n) is 3.33. The monoisotopic (exact) mass is 200 g/mol. The Balaban J connectivity index is 0.000000364. The smallest absolute Gasteiger partial charge is 0.333 e. The van der Waals surface area contributed by atoms with E-state index in [4.69, 9.17) is 9.47 Å². The summed E-state index contributed by atoms with van der Waals surface area (Å²) in [6, 6.07) is 0. The van der Waals surface area contributed by atoms with Crippen molar-refractivity contribution in [3.05, 3.63) is 12.2 Å². The first kappa shape index (κ1) is 13.2. The molecule has 82 valence electrons. The van der Waals surface area contributed by atoms with Crippen LogP contribution in [0.5, 0.6) is 0 Å². The van der Waals surface area contributed by atoms with E-state index < -0.39 is 0 Å². The molecule has 1 atom stereocenters. The van der Waals surface area contributed by atoms with Crippen molar-refractivity contribution in [1.29, 1.82) is 0 Å². The molecule has 1 unspecified atom stereocenters. The summed E-state index contributed by atoms with van der Waals surface area (Å²) in [7, 11) is 0. The molecule has 0 saturated carbocycles. The maximum absolute atomic E-state index is 10.7. The Morgan fingerprint density at radius 3 is 2.29 bits per heavy atom. The van der Waals surface area contributed by atoms with Crippen molar-refractivity contribution >= 4 is 5.97 Å². The van der Waals surface area contributed by atoms with Crippen molar-refractivity contribution < 1.29 is 14.3 Å². The molecule has 0 aliphatic carbocycles. The van der Waals surface area contributed by atoms with E-state index in [2.05, 4.69) is 20.4 Å². The highest BCUT2D eigenvalue weighted by Gasteiger charge is 2.24. The number of rotatable bonds is 4. The summed E-state index contributed by atoms with van der Waals surface area (Å²) in [5.41, 5.74) is 0.431. The molecule has 1 rings (SSSR count). The minimum Gasteiger partial charge on any atom is -0.459 e. The van der Waals surface area contributed by atoms with Crippen LogP contribution in [0, 0.1) is 0 Å². The Hall–Kier alpha value is -0.830. The SMILES string of the molecule is C=C(C)C(=O)OCC1CO1.CCCC. The quantitative estimate of drug-likeness (QED) is 0.397. The second-order valence-corrected chi connectivity index (χ2v) is 3.33. The lowest BCUT2D eigenvalue weighted by Gasteiger charge is -1.99. The predicted molar refractivity (Wildman–Crippen MR) is 56.1 cm³/mol. The molecule has 0 bridgehead atoms. The van der Waals surface area contributed by atoms with Crippen molar-refractivity contribution in [2.45, 2.75) is 39.7 Å². The lowest BCUT2D eigenvalue weighted by atomic mass is 10.4. The van der Waals surface area contributed by atoms with Crippen LogP contribution in [0.15, 0.2) is 12.2 Å². The van der Waals surface area contributed by atoms with Gasteiger partial charge in [-0.2, -0.15) is 0 Å². The third kappa shape index (κ3) is 7.80. The first-order valence-corrected chi connectivity index (χ1v) is 5.06. The average molecular weight is 200 g/mol. The number of ether oxygens (including phenoxy) is 2. The average Bonchev–Trinajstić information content (AvgIpc) is 2.98. The van der Waals surface area contributed by atoms with Gasteiger partial charge in [0.2, 0.25) is 0 Å². The van der Waals surface area contributed by atoms with Crippen LogP contribution in [-0.4, -0.2) is 25.3 Å². The molecule has 0 amide bonds. The molecule has 1 heterocycles. The highest BCUT2D eigenvalue weighted by Crippen LogP contribution is 2.09. The van der Waals surface area contributed by atoms with Crippen LogP contribution < -0.4 is 0 Å². The molecule has 0 aromatic carbocycles. The van der Waals surface area contributed by atoms with Crippen LogP contribution in [0.25, 0.3) is 0 Å². The van der Waals surface area contributed by atoms with E-state index in [1.54, 1.807) is 6.92 Å². The van der Waals surface area contributed by atoms with E-state index >= 15 is 0 Å². The number of unbranched alkanes of at least 4 members (excludes halogenated alkanes) is 1. The van der Waals surface area contributed by atoms with Gasteiger partial charge in [-0.15, -0.1) is 0 Å². The van der Waals surface area contributed by atoms with E-state index in [1.807, 2.05) is 0 Å². The number of hydrogen-bond donors (Lipinski definition) is 0. The van der Waals surface area contributed by atoms with Gasteiger partial charge in [0.15, 0.2) is 0 Å². The minimum atomic E-state index is -0.337. The zero-order valence-electron chi connectivity index (χ0n) is 9.34. The molecule has 1 aliphatic rings. The molecular formula is C11H20O3. The summed E-state index contributed by atoms with van der Waals surface area (Å²) < 4.78 is 9.60. The normalized spacial score (nSPS) is 17.8. The molecule has 0 aromatic heterocycles. The highest BCUT2D eigenvalue weighted by atomic mass is 16.6. The van der Waals surface area contributed by atoms with Crippen molar-refractivity contribution in [3.63, 3.8) is 0 Å². The lowest BCUT2D eigenvalue weighted by molar-refractivity contribution is -0.139. The fraction of sp³-hybridized carbons (Fsp3) is 0.727. The van der Waals surface area contributed by atoms with E-state index in [9.17, 15) is 4.79 Å². The standard InChI is InChI=1S/C7H10O3.C4H10/c1-5(2)7(8)10-4-6-3-9-6;1-3-4-2/h6H,1,3-4H2,2H3;3-4H2,1-2H3. The highest BCUT2D eigenvalue weighted by molar-refractivity contribution is 5.86. The van der Waals surface area contributed by atoms with Crippen molar-refractivity contribution in [3.8, 4) is 0 Å². The molecule has 0 aromatic rings. The van der Waals surface area contributed by atoms with Gasteiger partial charge >= 0.3 is 5.97 Å². The molecule has 1 fully saturated rings. The van der Waals surface area contributed by atoms with Crippen LogP contribution in [0.1, 0.15) is 33.6 Å². The van der Waals surface area contributed by atoms with Crippen molar-refractivity contribution in [2.24, 2.45) is 0 Å². The van der Waals surface area contributed by atoms with Gasteiger partial charge in [0.1, 0.15) is 12.7 Å². The minimum absolute atomic E-state index is 0.142. The maximum Gasteiger partial charge on any atom is 0.333 e. The largest absolute Gasteiger partial charge is 0.459 e. The molecule has 1 aliphatic heterocycles. The molecule has 0 N–H and O–H groups in total. The Morgan fingerprint density at radius 1 is 1.50 bits per heavy atom. The van der Waals surface area contributed by atoms with Crippen LogP contribution in [0.3, 0.4) is 0 Å². The van der Waals surface area contributed by atoms with Gasteiger partial charge in [0, 0.05) is 5.57 Å². The molecule has 0 radical (unpaired) electrons. The van der Waals surface area contributed by atoms with E-state index in [-0.39, 0.29) is 12.1 Å². The number of carbonyl (C=O) groups is 1. The van der Waals surface area contributed by atoms with Gasteiger partial charge in [0.25, 0.3) is 0 Å².